The summed E-state index contributed by atoms with van der Waals surface area (Å²) in [5.74, 6) is 0.235. The minimum atomic E-state index is -2.82. The Hall–Kier alpha value is -1.10. The van der Waals surface area contributed by atoms with E-state index in [2.05, 4.69) is 9.17 Å². The third-order valence-electron chi connectivity index (χ3n) is 0.814. The van der Waals surface area contributed by atoms with Crippen LogP contribution in [0.25, 0.3) is 0 Å². The molecular weight excluding hydrogens is 154 g/mol. The Bertz CT molecular complexity index is 261. The smallest absolute Gasteiger partial charge is 0.299 e. The lowest BCUT2D eigenvalue weighted by Crippen LogP contribution is -1.89. The van der Waals surface area contributed by atoms with E-state index in [1.807, 2.05) is 0 Å². The first kappa shape index (κ1) is 7.01. The first-order valence-electron chi connectivity index (χ1n) is 2.51. The molecule has 10 heavy (non-hydrogen) atoms. The van der Waals surface area contributed by atoms with Crippen LogP contribution in [0.3, 0.4) is 0 Å². The van der Waals surface area contributed by atoms with Crippen molar-refractivity contribution >= 4 is 11.0 Å². The lowest BCUT2D eigenvalue weighted by molar-refractivity contribution is 0.509. The molecule has 0 aliphatic carbocycles. The summed E-state index contributed by atoms with van der Waals surface area (Å²) in [7, 11) is -2.82. The van der Waals surface area contributed by atoms with Crippen LogP contribution < -0.4 is 4.18 Å². The van der Waals surface area contributed by atoms with Gasteiger partial charge in [-0.25, -0.2) is 0 Å². The van der Waals surface area contributed by atoms with Gasteiger partial charge in [-0.15, -0.1) is 0 Å². The monoisotopic (exact) mass is 159 g/mol. The van der Waals surface area contributed by atoms with E-state index in [0.717, 1.165) is 0 Å². The molecule has 0 unspecified atom stereocenters. The molecule has 0 bridgehead atoms. The van der Waals surface area contributed by atoms with E-state index >= 15 is 0 Å². The summed E-state index contributed by atoms with van der Waals surface area (Å²) in [6.45, 7) is 0. The van der Waals surface area contributed by atoms with Crippen LogP contribution in [0.15, 0.2) is 24.5 Å². The number of hydrogen-bond acceptors (Lipinski definition) is 4. The van der Waals surface area contributed by atoms with Crippen molar-refractivity contribution in [3.8, 4) is 5.75 Å². The Morgan fingerprint density at radius 2 is 2.30 bits per heavy atom. The van der Waals surface area contributed by atoms with E-state index < -0.39 is 11.0 Å². The molecule has 0 radical (unpaired) electrons. The third kappa shape index (κ3) is 2.02. The molecule has 5 heteroatoms. The molecule has 0 aliphatic heterocycles. The maximum atomic E-state index is 9.96. The highest BCUT2D eigenvalue weighted by Crippen LogP contribution is 2.04. The molecule has 0 saturated carbocycles. The third-order valence-corrected chi connectivity index (χ3v) is 1.17. The summed E-state index contributed by atoms with van der Waals surface area (Å²) in [5.41, 5.74) is 0. The van der Waals surface area contributed by atoms with E-state index in [1.54, 1.807) is 6.07 Å². The molecule has 1 aromatic rings. The first-order chi connectivity index (χ1) is 4.79. The van der Waals surface area contributed by atoms with Gasteiger partial charge in [0.15, 0.2) is 5.75 Å². The van der Waals surface area contributed by atoms with Crippen LogP contribution in [0.4, 0.5) is 0 Å². The SMILES string of the molecule is O=[SH](=O)Oc1cccnc1. The summed E-state index contributed by atoms with van der Waals surface area (Å²) in [6, 6.07) is 3.10. The lowest BCUT2D eigenvalue weighted by atomic mass is 10.5. The second-order valence-electron chi connectivity index (χ2n) is 1.50. The van der Waals surface area contributed by atoms with Gasteiger partial charge in [-0.05, 0) is 12.1 Å². The fraction of sp³-hybridized carbons (Fsp3) is 0. The highest BCUT2D eigenvalue weighted by atomic mass is 32.2. The maximum Gasteiger partial charge on any atom is 0.299 e. The van der Waals surface area contributed by atoms with Gasteiger partial charge in [0.1, 0.15) is 0 Å². The molecule has 1 rings (SSSR count). The van der Waals surface area contributed by atoms with Crippen LogP contribution in [0.1, 0.15) is 0 Å². The molecule has 54 valence electrons. The van der Waals surface area contributed by atoms with E-state index in [1.165, 1.54) is 18.5 Å². The highest BCUT2D eigenvalue weighted by Gasteiger charge is 1.89. The number of hydrogen-bond donors (Lipinski definition) is 1. The zero-order valence-corrected chi connectivity index (χ0v) is 5.82. The van der Waals surface area contributed by atoms with Gasteiger partial charge in [-0.3, -0.25) is 4.98 Å². The van der Waals surface area contributed by atoms with Crippen LogP contribution in [0, 0.1) is 0 Å². The molecular formula is C5H5NO3S. The minimum absolute atomic E-state index is 0.235. The second kappa shape index (κ2) is 3.17. The van der Waals surface area contributed by atoms with Gasteiger partial charge in [-0.2, -0.15) is 8.42 Å². The Kier molecular flexibility index (Phi) is 2.22. The van der Waals surface area contributed by atoms with Crippen molar-refractivity contribution < 1.29 is 12.6 Å². The predicted molar refractivity (Wildman–Crippen MR) is 35.2 cm³/mol. The van der Waals surface area contributed by atoms with Crippen molar-refractivity contribution in [2.45, 2.75) is 0 Å². The van der Waals surface area contributed by atoms with Crippen molar-refractivity contribution in [1.29, 1.82) is 0 Å². The van der Waals surface area contributed by atoms with Gasteiger partial charge >= 0.3 is 0 Å². The number of pyridine rings is 1. The van der Waals surface area contributed by atoms with Gasteiger partial charge in [-0.1, -0.05) is 0 Å². The average molecular weight is 159 g/mol. The number of nitrogens with zero attached hydrogens (tertiary/aromatic N) is 1. The second-order valence-corrected chi connectivity index (χ2v) is 2.13. The van der Waals surface area contributed by atoms with Crippen molar-refractivity contribution in [3.63, 3.8) is 0 Å². The standard InChI is InChI=1S/C5H5NO3S/c7-10(8)9-5-2-1-3-6-4-5/h1-4,10H. The molecule has 0 atom stereocenters. The molecule has 0 aliphatic rings. The average Bonchev–Trinajstić information content (AvgIpc) is 1.88. The number of thiol groups is 1. The molecule has 1 aromatic heterocycles. The van der Waals surface area contributed by atoms with E-state index in [9.17, 15) is 8.42 Å². The zero-order chi connectivity index (χ0) is 7.40. The van der Waals surface area contributed by atoms with Gasteiger partial charge < -0.3 is 4.18 Å². The topological polar surface area (TPSA) is 56.3 Å². The molecule has 0 amide bonds. The van der Waals surface area contributed by atoms with Gasteiger partial charge in [0.05, 0.1) is 6.20 Å². The van der Waals surface area contributed by atoms with E-state index in [0.29, 0.717) is 0 Å². The maximum absolute atomic E-state index is 9.96. The normalized spacial score (nSPS) is 9.70. The molecule has 0 saturated heterocycles. The summed E-state index contributed by atoms with van der Waals surface area (Å²) in [6.07, 6.45) is 2.86. The molecule has 0 fully saturated rings. The molecule has 0 N–H and O–H groups in total. The van der Waals surface area contributed by atoms with Crippen LogP contribution in [0.2, 0.25) is 0 Å². The van der Waals surface area contributed by atoms with E-state index in [-0.39, 0.29) is 5.75 Å². The largest absolute Gasteiger partial charge is 0.383 e. The quantitative estimate of drug-likeness (QED) is 0.616. The molecule has 1 heterocycles. The van der Waals surface area contributed by atoms with Crippen LogP contribution >= 0.6 is 0 Å². The Morgan fingerprint density at radius 1 is 1.50 bits per heavy atom. The Labute approximate surface area is 59.6 Å². The van der Waals surface area contributed by atoms with E-state index in [4.69, 9.17) is 0 Å². The zero-order valence-electron chi connectivity index (χ0n) is 4.93. The van der Waals surface area contributed by atoms with Crippen LogP contribution in [-0.4, -0.2) is 13.4 Å². The predicted octanol–water partition coefficient (Wildman–Crippen LogP) is -0.0132. The Morgan fingerprint density at radius 3 is 2.80 bits per heavy atom. The summed E-state index contributed by atoms with van der Waals surface area (Å²) >= 11 is 0. The van der Waals surface area contributed by atoms with Crippen LogP contribution in [0.5, 0.6) is 5.75 Å². The minimum Gasteiger partial charge on any atom is -0.383 e. The van der Waals surface area contributed by atoms with Crippen molar-refractivity contribution in [2.24, 2.45) is 0 Å². The Balaban J connectivity index is 2.77. The summed E-state index contributed by atoms with van der Waals surface area (Å²) in [5, 5.41) is 0. The number of aromatic nitrogens is 1. The molecule has 4 nitrogen and oxygen atoms in total. The van der Waals surface area contributed by atoms with Crippen molar-refractivity contribution in [2.75, 3.05) is 0 Å². The number of rotatable bonds is 2. The van der Waals surface area contributed by atoms with Crippen molar-refractivity contribution in [3.05, 3.63) is 24.5 Å². The van der Waals surface area contributed by atoms with Gasteiger partial charge in [0, 0.05) is 6.20 Å². The molecule has 0 spiro atoms. The highest BCUT2D eigenvalue weighted by molar-refractivity contribution is 7.67. The summed E-state index contributed by atoms with van der Waals surface area (Å²) in [4.78, 5) is 3.65. The van der Waals surface area contributed by atoms with Gasteiger partial charge in [0.2, 0.25) is 0 Å². The lowest BCUT2D eigenvalue weighted by Gasteiger charge is -1.92. The van der Waals surface area contributed by atoms with Gasteiger partial charge in [0.25, 0.3) is 11.0 Å². The van der Waals surface area contributed by atoms with Crippen molar-refractivity contribution in [1.82, 2.24) is 4.98 Å². The fourth-order valence-corrected chi connectivity index (χ4v) is 0.767. The fourth-order valence-electron chi connectivity index (χ4n) is 0.487. The van der Waals surface area contributed by atoms with Crippen LogP contribution in [-0.2, 0) is 11.0 Å². The summed E-state index contributed by atoms with van der Waals surface area (Å²) < 4.78 is 24.2. The molecule has 0 aromatic carbocycles. The first-order valence-corrected chi connectivity index (χ1v) is 3.61.